The number of benzene rings is 2. The van der Waals surface area contributed by atoms with E-state index in [0.29, 0.717) is 25.1 Å². The van der Waals surface area contributed by atoms with E-state index in [1.165, 1.54) is 0 Å². The summed E-state index contributed by atoms with van der Waals surface area (Å²) in [7, 11) is 2.15. The van der Waals surface area contributed by atoms with Crippen LogP contribution in [0.4, 0.5) is 0 Å². The molecule has 0 bridgehead atoms. The molecule has 2 aromatic rings. The van der Waals surface area contributed by atoms with E-state index in [0.717, 1.165) is 60.8 Å². The molecule has 1 heterocycles. The lowest BCUT2D eigenvalue weighted by Crippen LogP contribution is -2.38. The minimum atomic E-state index is -0.584. The van der Waals surface area contributed by atoms with Crippen molar-refractivity contribution in [1.29, 1.82) is 0 Å². The molecule has 0 saturated carbocycles. The van der Waals surface area contributed by atoms with Crippen LogP contribution in [0.5, 0.6) is 11.5 Å². The van der Waals surface area contributed by atoms with Gasteiger partial charge in [0.2, 0.25) is 0 Å². The molecule has 34 heavy (non-hydrogen) atoms. The summed E-state index contributed by atoms with van der Waals surface area (Å²) >= 11 is 0. The van der Waals surface area contributed by atoms with E-state index in [1.54, 1.807) is 6.92 Å². The maximum Gasteiger partial charge on any atom is 0.261 e. The maximum atomic E-state index is 12.7. The summed E-state index contributed by atoms with van der Waals surface area (Å²) in [6, 6.07) is 14.6. The first-order valence-electron chi connectivity index (χ1n) is 12.4. The second-order valence-electron chi connectivity index (χ2n) is 9.49. The average molecular weight is 469 g/mol. The van der Waals surface area contributed by atoms with Crippen LogP contribution in [0.25, 0.3) is 0 Å². The molecule has 1 aliphatic heterocycles. The Balaban J connectivity index is 1.46. The number of hydrogen-bond donors (Lipinski definition) is 1. The third kappa shape index (κ3) is 7.74. The topological polar surface area (TPSA) is 60.0 Å². The van der Waals surface area contributed by atoms with Crippen LogP contribution in [0.1, 0.15) is 56.2 Å². The Morgan fingerprint density at radius 3 is 2.65 bits per heavy atom. The molecular formula is C28H40N2O4. The normalized spacial score (nSPS) is 15.4. The van der Waals surface area contributed by atoms with Crippen molar-refractivity contribution in [3.05, 3.63) is 59.2 Å². The van der Waals surface area contributed by atoms with Crippen molar-refractivity contribution >= 4 is 5.91 Å². The van der Waals surface area contributed by atoms with Crippen LogP contribution in [-0.2, 0) is 16.1 Å². The van der Waals surface area contributed by atoms with Crippen molar-refractivity contribution in [3.63, 3.8) is 0 Å². The standard InChI is InChI=1S/C28H40N2O4/c1-20(2)26-10-9-21(3)17-27(26)34-22(4)28(31)29-19-23-7-6-8-25(18-23)33-16-13-30(5)24-11-14-32-15-12-24/h6-10,17-18,20,22,24H,11-16,19H2,1-5H3,(H,29,31). The monoisotopic (exact) mass is 468 g/mol. The summed E-state index contributed by atoms with van der Waals surface area (Å²) in [5.74, 6) is 1.78. The highest BCUT2D eigenvalue weighted by atomic mass is 16.5. The van der Waals surface area contributed by atoms with Crippen molar-refractivity contribution in [2.75, 3.05) is 33.4 Å². The van der Waals surface area contributed by atoms with Crippen molar-refractivity contribution in [2.45, 2.75) is 65.1 Å². The number of ether oxygens (including phenoxy) is 3. The van der Waals surface area contributed by atoms with E-state index in [4.69, 9.17) is 14.2 Å². The zero-order valence-electron chi connectivity index (χ0n) is 21.3. The molecule has 0 aliphatic carbocycles. The zero-order valence-corrected chi connectivity index (χ0v) is 21.3. The first-order valence-corrected chi connectivity index (χ1v) is 12.4. The minimum absolute atomic E-state index is 0.138. The lowest BCUT2D eigenvalue weighted by Gasteiger charge is -2.31. The second-order valence-corrected chi connectivity index (χ2v) is 9.49. The zero-order chi connectivity index (χ0) is 24.5. The SMILES string of the molecule is Cc1ccc(C(C)C)c(OC(C)C(=O)NCc2cccc(OCCN(C)C3CCOCC3)c2)c1. The number of amides is 1. The van der Waals surface area contributed by atoms with Crippen LogP contribution in [0.15, 0.2) is 42.5 Å². The van der Waals surface area contributed by atoms with Gasteiger partial charge in [0.05, 0.1) is 0 Å². The first-order chi connectivity index (χ1) is 16.3. The highest BCUT2D eigenvalue weighted by Gasteiger charge is 2.19. The van der Waals surface area contributed by atoms with Crippen LogP contribution in [-0.4, -0.2) is 56.4 Å². The smallest absolute Gasteiger partial charge is 0.261 e. The molecule has 3 rings (SSSR count). The number of hydrogen-bond acceptors (Lipinski definition) is 5. The molecule has 0 radical (unpaired) electrons. The number of aryl methyl sites for hydroxylation is 1. The summed E-state index contributed by atoms with van der Waals surface area (Å²) in [4.78, 5) is 15.0. The van der Waals surface area contributed by atoms with Crippen molar-refractivity contribution in [3.8, 4) is 11.5 Å². The van der Waals surface area contributed by atoms with Gasteiger partial charge < -0.3 is 19.5 Å². The van der Waals surface area contributed by atoms with Gasteiger partial charge in [-0.1, -0.05) is 38.1 Å². The summed E-state index contributed by atoms with van der Waals surface area (Å²) in [6.45, 7) is 11.7. The molecule has 6 nitrogen and oxygen atoms in total. The van der Waals surface area contributed by atoms with Crippen LogP contribution in [0.3, 0.4) is 0 Å². The second kappa shape index (κ2) is 12.8. The van der Waals surface area contributed by atoms with E-state index in [-0.39, 0.29) is 5.91 Å². The van der Waals surface area contributed by atoms with Gasteiger partial charge in [0.25, 0.3) is 5.91 Å². The Bertz CT molecular complexity index is 924. The maximum absolute atomic E-state index is 12.7. The third-order valence-corrected chi connectivity index (χ3v) is 6.36. The van der Waals surface area contributed by atoms with E-state index < -0.39 is 6.10 Å². The predicted molar refractivity (Wildman–Crippen MR) is 136 cm³/mol. The highest BCUT2D eigenvalue weighted by molar-refractivity contribution is 5.80. The molecule has 2 aromatic carbocycles. The van der Waals surface area contributed by atoms with Gasteiger partial charge in [-0.3, -0.25) is 9.69 Å². The molecule has 1 atom stereocenters. The number of nitrogens with zero attached hydrogens (tertiary/aromatic N) is 1. The Labute approximate surface area is 204 Å². The van der Waals surface area contributed by atoms with Gasteiger partial charge in [0, 0.05) is 32.3 Å². The minimum Gasteiger partial charge on any atom is -0.492 e. The fourth-order valence-electron chi connectivity index (χ4n) is 4.16. The number of carbonyl (C=O) groups excluding carboxylic acids is 1. The Morgan fingerprint density at radius 2 is 1.91 bits per heavy atom. The van der Waals surface area contributed by atoms with Crippen molar-refractivity contribution in [2.24, 2.45) is 0 Å². The van der Waals surface area contributed by atoms with E-state index in [2.05, 4.69) is 43.2 Å². The van der Waals surface area contributed by atoms with Crippen molar-refractivity contribution in [1.82, 2.24) is 10.2 Å². The van der Waals surface area contributed by atoms with Gasteiger partial charge in [0.15, 0.2) is 6.10 Å². The summed E-state index contributed by atoms with van der Waals surface area (Å²) in [5.41, 5.74) is 3.22. The molecular weight excluding hydrogens is 428 g/mol. The molecule has 1 fully saturated rings. The fourth-order valence-corrected chi connectivity index (χ4v) is 4.16. The Kier molecular flexibility index (Phi) is 9.78. The van der Waals surface area contributed by atoms with Gasteiger partial charge in [-0.15, -0.1) is 0 Å². The van der Waals surface area contributed by atoms with Gasteiger partial charge in [-0.2, -0.15) is 0 Å². The quantitative estimate of drug-likeness (QED) is 0.518. The highest BCUT2D eigenvalue weighted by Crippen LogP contribution is 2.28. The molecule has 0 spiro atoms. The summed E-state index contributed by atoms with van der Waals surface area (Å²) in [5, 5.41) is 2.99. The largest absolute Gasteiger partial charge is 0.492 e. The van der Waals surface area contributed by atoms with Gasteiger partial charge in [-0.05, 0) is 74.5 Å². The molecule has 1 amide bonds. The summed E-state index contributed by atoms with van der Waals surface area (Å²) in [6.07, 6.45) is 1.58. The first kappa shape index (κ1) is 26.0. The van der Waals surface area contributed by atoms with Gasteiger partial charge in [0.1, 0.15) is 18.1 Å². The van der Waals surface area contributed by atoms with Crippen LogP contribution >= 0.6 is 0 Å². The molecule has 1 saturated heterocycles. The number of rotatable bonds is 11. The van der Waals surface area contributed by atoms with Crippen LogP contribution in [0, 0.1) is 6.92 Å². The lowest BCUT2D eigenvalue weighted by atomic mass is 10.0. The predicted octanol–water partition coefficient (Wildman–Crippen LogP) is 4.69. The molecule has 1 unspecified atom stereocenters. The van der Waals surface area contributed by atoms with Gasteiger partial charge in [-0.25, -0.2) is 0 Å². The van der Waals surface area contributed by atoms with E-state index >= 15 is 0 Å². The Hall–Kier alpha value is -2.57. The molecule has 186 valence electrons. The van der Waals surface area contributed by atoms with Gasteiger partial charge >= 0.3 is 0 Å². The average Bonchev–Trinajstić information content (AvgIpc) is 2.83. The van der Waals surface area contributed by atoms with Crippen LogP contribution in [0.2, 0.25) is 0 Å². The number of nitrogens with one attached hydrogen (secondary N) is 1. The Morgan fingerprint density at radius 1 is 1.15 bits per heavy atom. The van der Waals surface area contributed by atoms with E-state index in [1.807, 2.05) is 37.3 Å². The van der Waals surface area contributed by atoms with Crippen LogP contribution < -0.4 is 14.8 Å². The van der Waals surface area contributed by atoms with E-state index in [9.17, 15) is 4.79 Å². The number of likely N-dealkylation sites (N-methyl/N-ethyl adjacent to an activating group) is 1. The third-order valence-electron chi connectivity index (χ3n) is 6.36. The summed E-state index contributed by atoms with van der Waals surface area (Å²) < 4.78 is 17.5. The van der Waals surface area contributed by atoms with Crippen molar-refractivity contribution < 1.29 is 19.0 Å². The molecule has 6 heteroatoms. The number of carbonyl (C=O) groups is 1. The lowest BCUT2D eigenvalue weighted by molar-refractivity contribution is -0.127. The molecule has 1 aliphatic rings. The molecule has 0 aromatic heterocycles. The molecule has 1 N–H and O–H groups in total. The fraction of sp³-hybridized carbons (Fsp3) is 0.536.